The number of hydrogen-bond donors (Lipinski definition) is 0. The molecule has 0 bridgehead atoms. The highest BCUT2D eigenvalue weighted by molar-refractivity contribution is 5.77. The first-order valence-electron chi connectivity index (χ1n) is 10.8. The number of amides is 1. The number of likely N-dealkylation sites (tertiary alicyclic amines) is 1. The van der Waals surface area contributed by atoms with Crippen molar-refractivity contribution in [2.24, 2.45) is 5.41 Å². The molecule has 2 fully saturated rings. The zero-order valence-corrected chi connectivity index (χ0v) is 17.6. The van der Waals surface area contributed by atoms with Gasteiger partial charge in [-0.25, -0.2) is 9.97 Å². The van der Waals surface area contributed by atoms with Gasteiger partial charge in [0.25, 0.3) is 0 Å². The van der Waals surface area contributed by atoms with Crippen molar-refractivity contribution in [2.75, 3.05) is 24.5 Å². The summed E-state index contributed by atoms with van der Waals surface area (Å²) in [5.74, 6) is 2.29. The van der Waals surface area contributed by atoms with Crippen molar-refractivity contribution in [3.05, 3.63) is 47.7 Å². The molecule has 0 saturated carbocycles. The Bertz CT molecular complexity index is 846. The topological polar surface area (TPSA) is 62.2 Å². The van der Waals surface area contributed by atoms with Crippen molar-refractivity contribution < 1.29 is 4.79 Å². The Balaban J connectivity index is 1.42. The van der Waals surface area contributed by atoms with Crippen LogP contribution < -0.4 is 4.90 Å². The Labute approximate surface area is 173 Å². The van der Waals surface area contributed by atoms with E-state index in [-0.39, 0.29) is 11.3 Å². The first kappa shape index (κ1) is 19.8. The molecule has 0 atom stereocenters. The first-order valence-corrected chi connectivity index (χ1v) is 10.8. The molecule has 6 nitrogen and oxygen atoms in total. The number of hydrogen-bond acceptors (Lipinski definition) is 5. The highest BCUT2D eigenvalue weighted by atomic mass is 16.2. The number of piperidine rings is 2. The third-order valence-electron chi connectivity index (χ3n) is 6.35. The minimum absolute atomic E-state index is 0.237. The Kier molecular flexibility index (Phi) is 5.79. The average Bonchev–Trinajstić information content (AvgIpc) is 2.72. The molecule has 1 spiro atoms. The SMILES string of the molecule is CCCc1nc(C)cc(N2CCC3(CCC(=O)N(Cc4cccnc4)C3)CC2)n1. The van der Waals surface area contributed by atoms with Crippen LogP contribution in [-0.4, -0.2) is 45.4 Å². The van der Waals surface area contributed by atoms with E-state index in [9.17, 15) is 4.79 Å². The van der Waals surface area contributed by atoms with E-state index in [4.69, 9.17) is 4.98 Å². The fourth-order valence-corrected chi connectivity index (χ4v) is 4.69. The quantitative estimate of drug-likeness (QED) is 0.777. The number of pyridine rings is 1. The third kappa shape index (κ3) is 4.57. The molecule has 0 unspecified atom stereocenters. The Morgan fingerprint density at radius 3 is 2.72 bits per heavy atom. The van der Waals surface area contributed by atoms with Gasteiger partial charge in [-0.05, 0) is 49.7 Å². The van der Waals surface area contributed by atoms with Crippen LogP contribution in [0, 0.1) is 12.3 Å². The normalized spacial score (nSPS) is 19.0. The van der Waals surface area contributed by atoms with Crippen LogP contribution >= 0.6 is 0 Å². The lowest BCUT2D eigenvalue weighted by molar-refractivity contribution is -0.139. The fourth-order valence-electron chi connectivity index (χ4n) is 4.69. The summed E-state index contributed by atoms with van der Waals surface area (Å²) in [5, 5.41) is 0. The maximum Gasteiger partial charge on any atom is 0.222 e. The van der Waals surface area contributed by atoms with Crippen LogP contribution in [0.5, 0.6) is 0 Å². The second-order valence-electron chi connectivity index (χ2n) is 8.63. The average molecular weight is 394 g/mol. The summed E-state index contributed by atoms with van der Waals surface area (Å²) in [6.45, 7) is 7.74. The van der Waals surface area contributed by atoms with Crippen LogP contribution in [0.4, 0.5) is 5.82 Å². The van der Waals surface area contributed by atoms with Gasteiger partial charge in [-0.15, -0.1) is 0 Å². The minimum Gasteiger partial charge on any atom is -0.356 e. The highest BCUT2D eigenvalue weighted by Crippen LogP contribution is 2.41. The summed E-state index contributed by atoms with van der Waals surface area (Å²) >= 11 is 0. The molecule has 29 heavy (non-hydrogen) atoms. The summed E-state index contributed by atoms with van der Waals surface area (Å²) in [6, 6.07) is 6.10. The Hall–Kier alpha value is -2.50. The highest BCUT2D eigenvalue weighted by Gasteiger charge is 2.41. The molecule has 0 radical (unpaired) electrons. The predicted octanol–water partition coefficient (Wildman–Crippen LogP) is 3.54. The lowest BCUT2D eigenvalue weighted by Crippen LogP contribution is -2.51. The zero-order chi connectivity index (χ0) is 20.3. The van der Waals surface area contributed by atoms with Crippen molar-refractivity contribution in [1.82, 2.24) is 19.9 Å². The summed E-state index contributed by atoms with van der Waals surface area (Å²) < 4.78 is 0. The van der Waals surface area contributed by atoms with Gasteiger partial charge >= 0.3 is 0 Å². The smallest absolute Gasteiger partial charge is 0.222 e. The van der Waals surface area contributed by atoms with E-state index in [0.717, 1.165) is 74.6 Å². The Morgan fingerprint density at radius 2 is 2.00 bits per heavy atom. The number of carbonyl (C=O) groups excluding carboxylic acids is 1. The van der Waals surface area contributed by atoms with Gasteiger partial charge in [0, 0.05) is 63.2 Å². The maximum atomic E-state index is 12.5. The lowest BCUT2D eigenvalue weighted by atomic mass is 9.72. The number of aromatic nitrogens is 3. The van der Waals surface area contributed by atoms with Crippen LogP contribution in [-0.2, 0) is 17.8 Å². The molecule has 0 aliphatic carbocycles. The van der Waals surface area contributed by atoms with Crippen molar-refractivity contribution in [2.45, 2.75) is 58.9 Å². The molecule has 4 rings (SSSR count). The van der Waals surface area contributed by atoms with Gasteiger partial charge in [0.15, 0.2) is 0 Å². The van der Waals surface area contributed by atoms with E-state index in [0.29, 0.717) is 13.0 Å². The molecule has 2 aromatic rings. The minimum atomic E-state index is 0.237. The zero-order valence-electron chi connectivity index (χ0n) is 17.6. The number of anilines is 1. The van der Waals surface area contributed by atoms with Gasteiger partial charge in [0.2, 0.25) is 5.91 Å². The van der Waals surface area contributed by atoms with E-state index < -0.39 is 0 Å². The molecule has 2 aromatic heterocycles. The second kappa shape index (κ2) is 8.47. The van der Waals surface area contributed by atoms with Crippen molar-refractivity contribution in [3.63, 3.8) is 0 Å². The van der Waals surface area contributed by atoms with E-state index in [1.54, 1.807) is 6.20 Å². The molecule has 2 saturated heterocycles. The van der Waals surface area contributed by atoms with Gasteiger partial charge < -0.3 is 9.80 Å². The largest absolute Gasteiger partial charge is 0.356 e. The van der Waals surface area contributed by atoms with Crippen LogP contribution in [0.25, 0.3) is 0 Å². The molecular weight excluding hydrogens is 362 g/mol. The summed E-state index contributed by atoms with van der Waals surface area (Å²) in [5.41, 5.74) is 2.39. The lowest BCUT2D eigenvalue weighted by Gasteiger charge is -2.47. The van der Waals surface area contributed by atoms with E-state index in [1.165, 1.54) is 0 Å². The molecule has 6 heteroatoms. The van der Waals surface area contributed by atoms with Gasteiger partial charge in [0.05, 0.1) is 0 Å². The van der Waals surface area contributed by atoms with Gasteiger partial charge in [-0.1, -0.05) is 13.0 Å². The summed E-state index contributed by atoms with van der Waals surface area (Å²) in [4.78, 5) is 30.5. The molecule has 0 N–H and O–H groups in total. The first-order chi connectivity index (χ1) is 14.1. The fraction of sp³-hybridized carbons (Fsp3) is 0.565. The molecule has 2 aliphatic heterocycles. The molecule has 0 aromatic carbocycles. The predicted molar refractivity (Wildman–Crippen MR) is 114 cm³/mol. The van der Waals surface area contributed by atoms with E-state index in [1.807, 2.05) is 17.2 Å². The standard InChI is InChI=1S/C23H31N5O/c1-3-5-20-25-18(2)14-21(26-20)27-12-9-23(10-13-27)8-7-22(29)28(17-23)16-19-6-4-11-24-15-19/h4,6,11,14-15H,3,5,7-10,12-13,16-17H2,1-2H3. The van der Waals surface area contributed by atoms with Gasteiger partial charge in [-0.2, -0.15) is 0 Å². The van der Waals surface area contributed by atoms with Gasteiger partial charge in [0.1, 0.15) is 11.6 Å². The Morgan fingerprint density at radius 1 is 1.17 bits per heavy atom. The van der Waals surface area contributed by atoms with Crippen molar-refractivity contribution in [3.8, 4) is 0 Å². The van der Waals surface area contributed by atoms with Crippen LogP contribution in [0.3, 0.4) is 0 Å². The van der Waals surface area contributed by atoms with Crippen LogP contribution in [0.15, 0.2) is 30.6 Å². The monoisotopic (exact) mass is 393 g/mol. The molecule has 154 valence electrons. The molecular formula is C23H31N5O. The summed E-state index contributed by atoms with van der Waals surface area (Å²) in [6.07, 6.45) is 9.51. The van der Waals surface area contributed by atoms with E-state index in [2.05, 4.69) is 40.8 Å². The number of aryl methyl sites for hydroxylation is 2. The summed E-state index contributed by atoms with van der Waals surface area (Å²) in [7, 11) is 0. The molecule has 1 amide bonds. The molecule has 4 heterocycles. The molecule has 2 aliphatic rings. The van der Waals surface area contributed by atoms with Crippen LogP contribution in [0.1, 0.15) is 56.1 Å². The second-order valence-corrected chi connectivity index (χ2v) is 8.63. The van der Waals surface area contributed by atoms with Crippen molar-refractivity contribution in [1.29, 1.82) is 0 Å². The number of rotatable bonds is 5. The number of nitrogens with zero attached hydrogens (tertiary/aromatic N) is 5. The number of carbonyl (C=O) groups is 1. The third-order valence-corrected chi connectivity index (χ3v) is 6.35. The van der Waals surface area contributed by atoms with Crippen molar-refractivity contribution >= 4 is 11.7 Å². The maximum absolute atomic E-state index is 12.5. The van der Waals surface area contributed by atoms with E-state index >= 15 is 0 Å². The van der Waals surface area contributed by atoms with Gasteiger partial charge in [-0.3, -0.25) is 9.78 Å². The van der Waals surface area contributed by atoms with Crippen LogP contribution in [0.2, 0.25) is 0 Å².